The van der Waals surface area contributed by atoms with Gasteiger partial charge in [0.15, 0.2) is 0 Å². The maximum Gasteiger partial charge on any atom is 0.143 e. The molecule has 2 rings (SSSR count). The summed E-state index contributed by atoms with van der Waals surface area (Å²) in [5.41, 5.74) is 1.73. The second-order valence-electron chi connectivity index (χ2n) is 4.55. The van der Waals surface area contributed by atoms with E-state index in [9.17, 15) is 0 Å². The molecular formula is C13H15ClN2O. The van der Waals surface area contributed by atoms with Crippen LogP contribution in [-0.2, 0) is 0 Å². The number of hydrogen-bond donors (Lipinski definition) is 1. The van der Waals surface area contributed by atoms with E-state index in [0.29, 0.717) is 17.3 Å². The first-order valence-corrected chi connectivity index (χ1v) is 5.97. The third-order valence-corrected chi connectivity index (χ3v) is 3.60. The lowest BCUT2D eigenvalue weighted by Gasteiger charge is -2.14. The number of nitriles is 1. The Balaban J connectivity index is 2.15. The zero-order chi connectivity index (χ0) is 12.5. The summed E-state index contributed by atoms with van der Waals surface area (Å²) >= 11 is 6.03. The number of ether oxygens (including phenoxy) is 1. The van der Waals surface area contributed by atoms with Crippen molar-refractivity contribution in [2.45, 2.75) is 19.8 Å². The molecule has 1 aromatic rings. The van der Waals surface area contributed by atoms with Gasteiger partial charge in [-0.2, -0.15) is 5.26 Å². The lowest BCUT2D eigenvalue weighted by Crippen LogP contribution is -2.14. The number of methoxy groups -OCH3 is 1. The van der Waals surface area contributed by atoms with Crippen molar-refractivity contribution in [3.63, 3.8) is 0 Å². The lowest BCUT2D eigenvalue weighted by molar-refractivity contribution is 0.416. The largest absolute Gasteiger partial charge is 0.495 e. The number of anilines is 1. The summed E-state index contributed by atoms with van der Waals surface area (Å²) in [4.78, 5) is 0. The summed E-state index contributed by atoms with van der Waals surface area (Å²) < 4.78 is 5.27. The van der Waals surface area contributed by atoms with Gasteiger partial charge in [-0.3, -0.25) is 0 Å². The van der Waals surface area contributed by atoms with Crippen LogP contribution >= 0.6 is 11.6 Å². The molecule has 17 heavy (non-hydrogen) atoms. The molecule has 0 aromatic heterocycles. The molecule has 0 aliphatic heterocycles. The fourth-order valence-electron chi connectivity index (χ4n) is 1.71. The van der Waals surface area contributed by atoms with Gasteiger partial charge in [0.25, 0.3) is 0 Å². The molecule has 0 heterocycles. The number of hydrogen-bond acceptors (Lipinski definition) is 3. The molecular weight excluding hydrogens is 236 g/mol. The van der Waals surface area contributed by atoms with E-state index in [1.54, 1.807) is 13.2 Å². The van der Waals surface area contributed by atoms with Gasteiger partial charge < -0.3 is 10.1 Å². The van der Waals surface area contributed by atoms with Crippen LogP contribution < -0.4 is 10.1 Å². The number of benzene rings is 1. The third kappa shape index (κ3) is 2.48. The molecule has 1 aliphatic carbocycles. The molecule has 0 spiro atoms. The van der Waals surface area contributed by atoms with Gasteiger partial charge in [-0.15, -0.1) is 0 Å². The lowest BCUT2D eigenvalue weighted by atomic mass is 10.1. The zero-order valence-corrected chi connectivity index (χ0v) is 10.8. The molecule has 0 amide bonds. The van der Waals surface area contributed by atoms with E-state index in [-0.39, 0.29) is 5.41 Å². The van der Waals surface area contributed by atoms with Crippen molar-refractivity contribution >= 4 is 17.3 Å². The molecule has 1 aromatic carbocycles. The molecule has 1 N–H and O–H groups in total. The zero-order valence-electron chi connectivity index (χ0n) is 10.0. The van der Waals surface area contributed by atoms with Gasteiger partial charge in [0.1, 0.15) is 5.75 Å². The maximum atomic E-state index is 9.02. The molecule has 1 fully saturated rings. The van der Waals surface area contributed by atoms with E-state index in [4.69, 9.17) is 21.6 Å². The normalized spacial score (nSPS) is 16.1. The highest BCUT2D eigenvalue weighted by Crippen LogP contribution is 2.45. The second-order valence-corrected chi connectivity index (χ2v) is 4.95. The van der Waals surface area contributed by atoms with Gasteiger partial charge in [0.05, 0.1) is 24.3 Å². The first kappa shape index (κ1) is 12.1. The Morgan fingerprint density at radius 2 is 2.24 bits per heavy atom. The Hall–Kier alpha value is -1.40. The van der Waals surface area contributed by atoms with Gasteiger partial charge in [0.2, 0.25) is 0 Å². The first-order chi connectivity index (χ1) is 8.10. The molecule has 3 nitrogen and oxygen atoms in total. The number of nitrogens with zero attached hydrogens (tertiary/aromatic N) is 1. The van der Waals surface area contributed by atoms with Crippen LogP contribution in [0.15, 0.2) is 12.1 Å². The van der Waals surface area contributed by atoms with Gasteiger partial charge in [-0.25, -0.2) is 0 Å². The first-order valence-electron chi connectivity index (χ1n) is 5.59. The summed E-state index contributed by atoms with van der Waals surface area (Å²) in [7, 11) is 1.61. The van der Waals surface area contributed by atoms with Crippen molar-refractivity contribution in [3.8, 4) is 11.8 Å². The fraction of sp³-hybridized carbons (Fsp3) is 0.462. The SMILES string of the molecule is COc1cc(Cl)c(C)cc1NCC1(C#N)CC1. The minimum absolute atomic E-state index is 0.168. The van der Waals surface area contributed by atoms with Crippen LogP contribution in [0, 0.1) is 23.7 Å². The summed E-state index contributed by atoms with van der Waals surface area (Å²) in [6, 6.07) is 6.11. The minimum Gasteiger partial charge on any atom is -0.495 e. The Bertz CT molecular complexity index is 475. The quantitative estimate of drug-likeness (QED) is 0.891. The summed E-state index contributed by atoms with van der Waals surface area (Å²) in [5, 5.41) is 13.0. The van der Waals surface area contributed by atoms with Crippen LogP contribution in [0.1, 0.15) is 18.4 Å². The van der Waals surface area contributed by atoms with Crippen LogP contribution in [0.2, 0.25) is 5.02 Å². The van der Waals surface area contributed by atoms with Gasteiger partial charge in [-0.1, -0.05) is 11.6 Å². The minimum atomic E-state index is -0.168. The summed E-state index contributed by atoms with van der Waals surface area (Å²) in [6.07, 6.45) is 1.96. The van der Waals surface area contributed by atoms with Gasteiger partial charge in [0, 0.05) is 17.6 Å². The van der Waals surface area contributed by atoms with Crippen molar-refractivity contribution in [2.24, 2.45) is 5.41 Å². The number of halogens is 1. The molecule has 4 heteroatoms. The molecule has 0 bridgehead atoms. The monoisotopic (exact) mass is 250 g/mol. The molecule has 0 atom stereocenters. The van der Waals surface area contributed by atoms with Crippen LogP contribution in [0.4, 0.5) is 5.69 Å². The number of aryl methyl sites for hydroxylation is 1. The Labute approximate surface area is 106 Å². The van der Waals surface area contributed by atoms with E-state index in [1.807, 2.05) is 13.0 Å². The smallest absolute Gasteiger partial charge is 0.143 e. The molecule has 1 aliphatic rings. The van der Waals surface area contributed by atoms with E-state index < -0.39 is 0 Å². The number of nitrogens with one attached hydrogen (secondary N) is 1. The van der Waals surface area contributed by atoms with Gasteiger partial charge >= 0.3 is 0 Å². The van der Waals surface area contributed by atoms with Crippen molar-refractivity contribution < 1.29 is 4.74 Å². The van der Waals surface area contributed by atoms with Crippen LogP contribution in [-0.4, -0.2) is 13.7 Å². The highest BCUT2D eigenvalue weighted by atomic mass is 35.5. The Morgan fingerprint density at radius 3 is 2.76 bits per heavy atom. The molecule has 0 unspecified atom stereocenters. The van der Waals surface area contributed by atoms with Crippen molar-refractivity contribution in [1.82, 2.24) is 0 Å². The Kier molecular flexibility index (Phi) is 3.17. The fourth-order valence-corrected chi connectivity index (χ4v) is 1.87. The van der Waals surface area contributed by atoms with E-state index >= 15 is 0 Å². The highest BCUT2D eigenvalue weighted by Gasteiger charge is 2.42. The van der Waals surface area contributed by atoms with Crippen molar-refractivity contribution in [2.75, 3.05) is 19.0 Å². The Morgan fingerprint density at radius 1 is 1.53 bits per heavy atom. The molecule has 1 saturated carbocycles. The average molecular weight is 251 g/mol. The van der Waals surface area contributed by atoms with Crippen LogP contribution in [0.25, 0.3) is 0 Å². The van der Waals surface area contributed by atoms with E-state index in [0.717, 1.165) is 24.1 Å². The topological polar surface area (TPSA) is 45.0 Å². The molecule has 90 valence electrons. The number of rotatable bonds is 4. The molecule has 0 radical (unpaired) electrons. The van der Waals surface area contributed by atoms with E-state index in [1.165, 1.54) is 0 Å². The predicted molar refractivity (Wildman–Crippen MR) is 68.5 cm³/mol. The van der Waals surface area contributed by atoms with Crippen LogP contribution in [0.5, 0.6) is 5.75 Å². The maximum absolute atomic E-state index is 9.02. The van der Waals surface area contributed by atoms with Crippen LogP contribution in [0.3, 0.4) is 0 Å². The van der Waals surface area contributed by atoms with Gasteiger partial charge in [-0.05, 0) is 31.4 Å². The van der Waals surface area contributed by atoms with Crippen molar-refractivity contribution in [1.29, 1.82) is 5.26 Å². The standard InChI is InChI=1S/C13H15ClN2O/c1-9-5-11(12(17-2)6-10(9)14)16-8-13(7-15)3-4-13/h5-6,16H,3-4,8H2,1-2H3. The highest BCUT2D eigenvalue weighted by molar-refractivity contribution is 6.31. The third-order valence-electron chi connectivity index (χ3n) is 3.19. The average Bonchev–Trinajstić information content (AvgIpc) is 3.11. The van der Waals surface area contributed by atoms with E-state index in [2.05, 4.69) is 11.4 Å². The van der Waals surface area contributed by atoms with Crippen molar-refractivity contribution in [3.05, 3.63) is 22.7 Å². The predicted octanol–water partition coefficient (Wildman–Crippen LogP) is 3.37. The summed E-state index contributed by atoms with van der Waals surface area (Å²) in [6.45, 7) is 2.62. The molecule has 0 saturated heterocycles. The summed E-state index contributed by atoms with van der Waals surface area (Å²) in [5.74, 6) is 0.717. The second kappa shape index (κ2) is 4.46.